The molecule has 3 aromatic rings. The molecule has 0 aliphatic heterocycles. The van der Waals surface area contributed by atoms with E-state index in [2.05, 4.69) is 4.98 Å². The van der Waals surface area contributed by atoms with Gasteiger partial charge in [0, 0.05) is 17.7 Å². The summed E-state index contributed by atoms with van der Waals surface area (Å²) in [5.41, 5.74) is 7.62. The van der Waals surface area contributed by atoms with Crippen LogP contribution < -0.4 is 10.5 Å². The largest absolute Gasteiger partial charge is 0.486 e. The van der Waals surface area contributed by atoms with Gasteiger partial charge in [-0.3, -0.25) is 0 Å². The fourth-order valence-electron chi connectivity index (χ4n) is 2.13. The third-order valence-corrected chi connectivity index (χ3v) is 4.17. The Bertz CT molecular complexity index is 737. The zero-order valence-electron chi connectivity index (χ0n) is 11.5. The highest BCUT2D eigenvalue weighted by atomic mass is 32.1. The van der Waals surface area contributed by atoms with Crippen molar-refractivity contribution in [2.75, 3.05) is 0 Å². The maximum absolute atomic E-state index is 13.4. The molecule has 0 aliphatic rings. The molecular weight excluding hydrogens is 287 g/mol. The Balaban J connectivity index is 1.82. The van der Waals surface area contributed by atoms with E-state index in [9.17, 15) is 4.39 Å². The van der Waals surface area contributed by atoms with Crippen molar-refractivity contribution in [3.8, 4) is 5.75 Å². The highest BCUT2D eigenvalue weighted by molar-refractivity contribution is 7.18. The number of thiazole rings is 1. The Labute approximate surface area is 126 Å². The third-order valence-electron chi connectivity index (χ3n) is 3.16. The van der Waals surface area contributed by atoms with Gasteiger partial charge >= 0.3 is 0 Å². The number of hydrogen-bond donors (Lipinski definition) is 1. The Morgan fingerprint density at radius 1 is 1.29 bits per heavy atom. The summed E-state index contributed by atoms with van der Waals surface area (Å²) in [4.78, 5) is 4.49. The molecule has 3 nitrogen and oxygen atoms in total. The van der Waals surface area contributed by atoms with Crippen LogP contribution in [0.5, 0.6) is 5.75 Å². The number of fused-ring (bicyclic) bond motifs is 1. The van der Waals surface area contributed by atoms with Crippen LogP contribution in [0.1, 0.15) is 23.5 Å². The molecule has 1 aromatic heterocycles. The Kier molecular flexibility index (Phi) is 3.86. The van der Waals surface area contributed by atoms with E-state index in [1.165, 1.54) is 12.1 Å². The van der Waals surface area contributed by atoms with E-state index >= 15 is 0 Å². The van der Waals surface area contributed by atoms with Crippen molar-refractivity contribution in [2.24, 2.45) is 5.73 Å². The van der Waals surface area contributed by atoms with Crippen molar-refractivity contribution < 1.29 is 9.13 Å². The maximum Gasteiger partial charge on any atom is 0.140 e. The highest BCUT2D eigenvalue weighted by Crippen LogP contribution is 2.27. The summed E-state index contributed by atoms with van der Waals surface area (Å²) < 4.78 is 20.2. The first-order valence-electron chi connectivity index (χ1n) is 6.66. The zero-order chi connectivity index (χ0) is 14.8. The summed E-state index contributed by atoms with van der Waals surface area (Å²) >= 11 is 1.57. The molecule has 0 fully saturated rings. The molecule has 0 aliphatic carbocycles. The first-order valence-corrected chi connectivity index (χ1v) is 7.47. The van der Waals surface area contributed by atoms with Gasteiger partial charge in [0.05, 0.1) is 10.2 Å². The van der Waals surface area contributed by atoms with Crippen LogP contribution in [0.3, 0.4) is 0 Å². The van der Waals surface area contributed by atoms with Crippen molar-refractivity contribution in [2.45, 2.75) is 19.6 Å². The average Bonchev–Trinajstić information content (AvgIpc) is 2.87. The molecule has 0 unspecified atom stereocenters. The fourth-order valence-corrected chi connectivity index (χ4v) is 3.01. The van der Waals surface area contributed by atoms with Gasteiger partial charge in [-0.05, 0) is 25.1 Å². The third kappa shape index (κ3) is 3.04. The van der Waals surface area contributed by atoms with Gasteiger partial charge in [0.25, 0.3) is 0 Å². The lowest BCUT2D eigenvalue weighted by Crippen LogP contribution is -2.08. The van der Waals surface area contributed by atoms with Crippen molar-refractivity contribution in [1.82, 2.24) is 4.98 Å². The molecule has 0 spiro atoms. The molecule has 0 bridgehead atoms. The van der Waals surface area contributed by atoms with Gasteiger partial charge in [-0.25, -0.2) is 9.37 Å². The van der Waals surface area contributed by atoms with E-state index in [0.717, 1.165) is 20.8 Å². The van der Waals surface area contributed by atoms with Crippen molar-refractivity contribution in [3.63, 3.8) is 0 Å². The van der Waals surface area contributed by atoms with Gasteiger partial charge in [0.15, 0.2) is 0 Å². The van der Waals surface area contributed by atoms with Crippen LogP contribution in [0, 0.1) is 5.82 Å². The minimum Gasteiger partial charge on any atom is -0.486 e. The van der Waals surface area contributed by atoms with Crippen LogP contribution in [-0.4, -0.2) is 4.98 Å². The molecule has 0 radical (unpaired) electrons. The topological polar surface area (TPSA) is 48.1 Å². The predicted octanol–water partition coefficient (Wildman–Crippen LogP) is 4.03. The molecule has 1 heterocycles. The van der Waals surface area contributed by atoms with Crippen molar-refractivity contribution in [1.29, 1.82) is 0 Å². The SMILES string of the molecule is C[C@H](N)c1ccc(F)cc1OCc1nc2ccccc2s1. The number of benzene rings is 2. The second-order valence-electron chi connectivity index (χ2n) is 4.83. The minimum atomic E-state index is -0.335. The number of nitrogens with zero attached hydrogens (tertiary/aromatic N) is 1. The van der Waals surface area contributed by atoms with Gasteiger partial charge in [0.1, 0.15) is 23.2 Å². The molecule has 3 rings (SSSR count). The summed E-state index contributed by atoms with van der Waals surface area (Å²) in [5.74, 6) is 0.142. The van der Waals surface area contributed by atoms with E-state index < -0.39 is 0 Å². The van der Waals surface area contributed by atoms with E-state index in [-0.39, 0.29) is 11.9 Å². The van der Waals surface area contributed by atoms with Crippen molar-refractivity contribution in [3.05, 3.63) is 58.9 Å². The molecular formula is C16H15FN2OS. The first-order chi connectivity index (χ1) is 10.1. The van der Waals surface area contributed by atoms with Gasteiger partial charge in [-0.15, -0.1) is 11.3 Å². The molecule has 2 N–H and O–H groups in total. The number of nitrogens with two attached hydrogens (primary N) is 1. The molecule has 0 saturated heterocycles. The van der Waals surface area contributed by atoms with Gasteiger partial charge in [0.2, 0.25) is 0 Å². The highest BCUT2D eigenvalue weighted by Gasteiger charge is 2.11. The maximum atomic E-state index is 13.4. The normalized spacial score (nSPS) is 12.5. The van der Waals surface area contributed by atoms with Crippen LogP contribution in [0.2, 0.25) is 0 Å². The monoisotopic (exact) mass is 302 g/mol. The van der Waals surface area contributed by atoms with Crippen LogP contribution >= 0.6 is 11.3 Å². The average molecular weight is 302 g/mol. The molecule has 21 heavy (non-hydrogen) atoms. The Morgan fingerprint density at radius 3 is 2.86 bits per heavy atom. The minimum absolute atomic E-state index is 0.212. The van der Waals surface area contributed by atoms with E-state index in [4.69, 9.17) is 10.5 Å². The quantitative estimate of drug-likeness (QED) is 0.791. The molecule has 0 amide bonds. The predicted molar refractivity (Wildman–Crippen MR) is 83.0 cm³/mol. The molecule has 2 aromatic carbocycles. The van der Waals surface area contributed by atoms with E-state index in [1.807, 2.05) is 31.2 Å². The van der Waals surface area contributed by atoms with Crippen LogP contribution in [0.15, 0.2) is 42.5 Å². The van der Waals surface area contributed by atoms with Crippen molar-refractivity contribution >= 4 is 21.6 Å². The molecule has 5 heteroatoms. The number of aromatic nitrogens is 1. The summed E-state index contributed by atoms with van der Waals surface area (Å²) in [5, 5.41) is 0.857. The van der Waals surface area contributed by atoms with Crippen LogP contribution in [0.25, 0.3) is 10.2 Å². The number of halogens is 1. The second kappa shape index (κ2) is 5.79. The fraction of sp³-hybridized carbons (Fsp3) is 0.188. The van der Waals surface area contributed by atoms with E-state index in [0.29, 0.717) is 12.4 Å². The first kappa shape index (κ1) is 14.0. The number of hydrogen-bond acceptors (Lipinski definition) is 4. The molecule has 108 valence electrons. The lowest BCUT2D eigenvalue weighted by Gasteiger charge is -2.13. The Hall–Kier alpha value is -1.98. The molecule has 0 saturated carbocycles. The standard InChI is InChI=1S/C16H15FN2OS/c1-10(18)12-7-6-11(17)8-14(12)20-9-16-19-13-4-2-3-5-15(13)21-16/h2-8,10H,9,18H2,1H3/t10-/m0/s1. The Morgan fingerprint density at radius 2 is 2.10 bits per heavy atom. The summed E-state index contributed by atoms with van der Waals surface area (Å²) in [6.07, 6.45) is 0. The number of para-hydroxylation sites is 1. The number of ether oxygens (including phenoxy) is 1. The lowest BCUT2D eigenvalue weighted by molar-refractivity contribution is 0.299. The van der Waals surface area contributed by atoms with Gasteiger partial charge < -0.3 is 10.5 Å². The second-order valence-corrected chi connectivity index (χ2v) is 5.95. The van der Waals surface area contributed by atoms with E-state index in [1.54, 1.807) is 17.4 Å². The zero-order valence-corrected chi connectivity index (χ0v) is 12.4. The van der Waals surface area contributed by atoms with Crippen LogP contribution in [-0.2, 0) is 6.61 Å². The van der Waals surface area contributed by atoms with Gasteiger partial charge in [-0.2, -0.15) is 0 Å². The molecule has 1 atom stereocenters. The lowest BCUT2D eigenvalue weighted by atomic mass is 10.1. The number of rotatable bonds is 4. The van der Waals surface area contributed by atoms with Gasteiger partial charge in [-0.1, -0.05) is 18.2 Å². The van der Waals surface area contributed by atoms with Crippen LogP contribution in [0.4, 0.5) is 4.39 Å². The smallest absolute Gasteiger partial charge is 0.140 e. The summed E-state index contributed by atoms with van der Waals surface area (Å²) in [7, 11) is 0. The summed E-state index contributed by atoms with van der Waals surface area (Å²) in [6, 6.07) is 12.1. The summed E-state index contributed by atoms with van der Waals surface area (Å²) in [6.45, 7) is 2.15.